The van der Waals surface area contributed by atoms with E-state index in [1.54, 1.807) is 26.8 Å². The molecule has 0 spiro atoms. The van der Waals surface area contributed by atoms with E-state index in [1.807, 2.05) is 0 Å². The number of halogens is 3. The van der Waals surface area contributed by atoms with E-state index in [4.69, 9.17) is 20.6 Å². The van der Waals surface area contributed by atoms with Crippen molar-refractivity contribution in [3.8, 4) is 12.3 Å². The van der Waals surface area contributed by atoms with E-state index in [0.717, 1.165) is 0 Å². The van der Waals surface area contributed by atoms with Gasteiger partial charge in [-0.3, -0.25) is 19.0 Å². The number of rotatable bonds is 6. The highest BCUT2D eigenvalue weighted by molar-refractivity contribution is 5.95. The van der Waals surface area contributed by atoms with E-state index in [-0.39, 0.29) is 29.8 Å². The first-order valence-corrected chi connectivity index (χ1v) is 11.2. The van der Waals surface area contributed by atoms with Crippen molar-refractivity contribution < 1.29 is 37.0 Å². The Kier molecular flexibility index (Phi) is 8.09. The Morgan fingerprint density at radius 3 is 2.38 bits per heavy atom. The van der Waals surface area contributed by atoms with Crippen LogP contribution in [0.4, 0.5) is 13.2 Å². The van der Waals surface area contributed by atoms with Crippen LogP contribution in [0.25, 0.3) is 0 Å². The zero-order valence-corrected chi connectivity index (χ0v) is 20.3. The molecule has 0 unspecified atom stereocenters. The summed E-state index contributed by atoms with van der Waals surface area (Å²) < 4.78 is 58.2. The van der Waals surface area contributed by atoms with Gasteiger partial charge in [-0.15, -0.1) is 6.42 Å². The van der Waals surface area contributed by atoms with Gasteiger partial charge < -0.3 is 14.2 Å². The summed E-state index contributed by atoms with van der Waals surface area (Å²) in [6.45, 7) is 4.38. The third-order valence-electron chi connectivity index (χ3n) is 5.51. The van der Waals surface area contributed by atoms with Gasteiger partial charge >= 0.3 is 17.8 Å². The van der Waals surface area contributed by atoms with Crippen LogP contribution in [0.5, 0.6) is 0 Å². The molecule has 0 amide bonds. The van der Waals surface area contributed by atoms with Gasteiger partial charge in [-0.2, -0.15) is 17.7 Å². The van der Waals surface area contributed by atoms with Gasteiger partial charge in [0.05, 0.1) is 11.5 Å². The van der Waals surface area contributed by atoms with Crippen LogP contribution in [0, 0.1) is 17.8 Å². The van der Waals surface area contributed by atoms with Crippen molar-refractivity contribution in [2.45, 2.75) is 51.8 Å². The van der Waals surface area contributed by atoms with E-state index in [1.165, 1.54) is 24.3 Å². The summed E-state index contributed by atoms with van der Waals surface area (Å²) in [4.78, 5) is 50.9. The monoisotopic (exact) mass is 522 g/mol. The van der Waals surface area contributed by atoms with Crippen molar-refractivity contribution in [3.63, 3.8) is 0 Å². The Morgan fingerprint density at radius 2 is 1.81 bits per heavy atom. The quantitative estimate of drug-likeness (QED) is 0.424. The van der Waals surface area contributed by atoms with Crippen molar-refractivity contribution in [1.82, 2.24) is 9.13 Å². The molecule has 1 aromatic heterocycles. The zero-order valence-electron chi connectivity index (χ0n) is 20.3. The number of nitrogens with zero attached hydrogens (tertiary/aromatic N) is 2. The van der Waals surface area contributed by atoms with Gasteiger partial charge in [0.25, 0.3) is 11.5 Å². The molecule has 0 radical (unpaired) electrons. The van der Waals surface area contributed by atoms with Gasteiger partial charge in [0, 0.05) is 18.2 Å². The molecule has 1 aliphatic heterocycles. The average molecular weight is 522 g/mol. The summed E-state index contributed by atoms with van der Waals surface area (Å²) in [5, 5.41) is 0. The van der Waals surface area contributed by atoms with Crippen LogP contribution in [0.2, 0.25) is 0 Å². The van der Waals surface area contributed by atoms with E-state index in [9.17, 15) is 32.3 Å². The van der Waals surface area contributed by atoms with Crippen molar-refractivity contribution >= 4 is 11.9 Å². The van der Waals surface area contributed by atoms with Gasteiger partial charge in [0.2, 0.25) is 0 Å². The lowest BCUT2D eigenvalue weighted by molar-refractivity contribution is -0.160. The largest absolute Gasteiger partial charge is 0.462 e. The van der Waals surface area contributed by atoms with Crippen molar-refractivity contribution in [3.05, 3.63) is 68.5 Å². The molecular formula is C25H25F3N2O7. The van der Waals surface area contributed by atoms with Crippen LogP contribution in [0.1, 0.15) is 49.3 Å². The minimum Gasteiger partial charge on any atom is -0.462 e. The smallest absolute Gasteiger partial charge is 0.423 e. The first-order valence-electron chi connectivity index (χ1n) is 11.2. The maximum absolute atomic E-state index is 13.7. The van der Waals surface area contributed by atoms with Crippen molar-refractivity contribution in [2.24, 2.45) is 5.41 Å². The highest BCUT2D eigenvalue weighted by Gasteiger charge is 2.42. The summed E-state index contributed by atoms with van der Waals surface area (Å²) in [5.74, 6) is 0.463. The Labute approximate surface area is 209 Å². The lowest BCUT2D eigenvalue weighted by Crippen LogP contribution is -2.47. The first kappa shape index (κ1) is 27.9. The van der Waals surface area contributed by atoms with Gasteiger partial charge in [-0.05, 0) is 32.9 Å². The second-order valence-corrected chi connectivity index (χ2v) is 9.31. The molecule has 0 bridgehead atoms. The molecule has 12 heteroatoms. The molecule has 0 N–H and O–H groups in total. The van der Waals surface area contributed by atoms with Crippen molar-refractivity contribution in [1.29, 1.82) is 0 Å². The molecule has 1 saturated heterocycles. The lowest BCUT2D eigenvalue weighted by Gasteiger charge is -2.22. The second kappa shape index (κ2) is 10.7. The highest BCUT2D eigenvalue weighted by atomic mass is 19.4. The average Bonchev–Trinajstić information content (AvgIpc) is 3.22. The van der Waals surface area contributed by atoms with E-state index < -0.39 is 58.7 Å². The van der Waals surface area contributed by atoms with Crippen LogP contribution in [-0.2, 0) is 25.2 Å². The number of carbonyl (C=O) groups is 2. The molecule has 0 saturated carbocycles. The van der Waals surface area contributed by atoms with E-state index in [2.05, 4.69) is 5.92 Å². The molecule has 3 rings (SSSR count). The molecule has 3 atom stereocenters. The number of alkyl halides is 3. The fraction of sp³-hybridized carbons (Fsp3) is 0.440. The van der Waals surface area contributed by atoms with Crippen molar-refractivity contribution in [2.75, 3.05) is 13.2 Å². The maximum Gasteiger partial charge on any atom is 0.423 e. The number of carbonyl (C=O) groups excluding carboxylic acids is 2. The minimum absolute atomic E-state index is 0.0776. The lowest BCUT2D eigenvalue weighted by atomic mass is 9.97. The third-order valence-corrected chi connectivity index (χ3v) is 5.51. The second-order valence-electron chi connectivity index (χ2n) is 9.31. The Bertz CT molecular complexity index is 1320. The molecule has 2 aromatic rings. The number of hydrogen-bond acceptors (Lipinski definition) is 7. The third kappa shape index (κ3) is 6.18. The zero-order chi connectivity index (χ0) is 27.5. The standard InChI is InChI=1S/C25H25F3N2O7/c1-5-11-35-17-12-19(37-18(17)14-36-22(33)24(2,3)4)29-13-16(25(26,27)28)21(32)30(23(29)34)20(31)15-9-7-6-8-10-15/h1,6-10,13,17-19H,11-12,14H2,2-4H3/t17-,18+,19+/m0/s1. The summed E-state index contributed by atoms with van der Waals surface area (Å²) in [5.41, 5.74) is -5.87. The number of benzene rings is 1. The highest BCUT2D eigenvalue weighted by Crippen LogP contribution is 2.32. The topological polar surface area (TPSA) is 106 Å². The normalized spacial score (nSPS) is 19.9. The molecule has 9 nitrogen and oxygen atoms in total. The number of aromatic nitrogens is 2. The minimum atomic E-state index is -5.18. The predicted molar refractivity (Wildman–Crippen MR) is 124 cm³/mol. The molecule has 1 fully saturated rings. The summed E-state index contributed by atoms with van der Waals surface area (Å²) in [6.07, 6.45) is -3.03. The fourth-order valence-electron chi connectivity index (χ4n) is 3.59. The van der Waals surface area contributed by atoms with Crippen LogP contribution in [0.3, 0.4) is 0 Å². The van der Waals surface area contributed by atoms with E-state index in [0.29, 0.717) is 10.8 Å². The van der Waals surface area contributed by atoms with Gasteiger partial charge in [0.1, 0.15) is 31.1 Å². The molecule has 2 heterocycles. The SMILES string of the molecule is C#CCO[C@H]1C[C@H](n2cc(C(F)(F)F)c(=O)n(C(=O)c3ccccc3)c2=O)O[C@@H]1COC(=O)C(C)(C)C. The van der Waals surface area contributed by atoms with Crippen LogP contribution >= 0.6 is 0 Å². The summed E-state index contributed by atoms with van der Waals surface area (Å²) in [6, 6.07) is 6.93. The Balaban J connectivity index is 2.05. The molecular weight excluding hydrogens is 497 g/mol. The van der Waals surface area contributed by atoms with E-state index >= 15 is 0 Å². The number of hydrogen-bond donors (Lipinski definition) is 0. The number of ether oxygens (including phenoxy) is 3. The predicted octanol–water partition coefficient (Wildman–Crippen LogP) is 2.61. The molecule has 37 heavy (non-hydrogen) atoms. The number of esters is 1. The summed E-state index contributed by atoms with van der Waals surface area (Å²) in [7, 11) is 0. The molecule has 1 aliphatic rings. The Morgan fingerprint density at radius 1 is 1.16 bits per heavy atom. The Hall–Kier alpha value is -3.69. The van der Waals surface area contributed by atoms with Crippen LogP contribution in [0.15, 0.2) is 46.1 Å². The molecule has 0 aliphatic carbocycles. The van der Waals surface area contributed by atoms with Gasteiger partial charge in [-0.1, -0.05) is 24.1 Å². The van der Waals surface area contributed by atoms with Crippen LogP contribution in [-0.4, -0.2) is 46.4 Å². The summed E-state index contributed by atoms with van der Waals surface area (Å²) >= 11 is 0. The molecule has 1 aromatic carbocycles. The maximum atomic E-state index is 13.7. The fourth-order valence-corrected chi connectivity index (χ4v) is 3.59. The number of terminal acetylenes is 1. The molecule has 198 valence electrons. The van der Waals surface area contributed by atoms with Gasteiger partial charge in [-0.25, -0.2) is 4.79 Å². The first-order chi connectivity index (χ1) is 17.3. The van der Waals surface area contributed by atoms with Gasteiger partial charge in [0.15, 0.2) is 0 Å². The van der Waals surface area contributed by atoms with Crippen LogP contribution < -0.4 is 11.2 Å².